The van der Waals surface area contributed by atoms with Gasteiger partial charge >= 0.3 is 5.97 Å². The molecule has 0 saturated carbocycles. The summed E-state index contributed by atoms with van der Waals surface area (Å²) in [6.45, 7) is 13.0. The first-order valence-electron chi connectivity index (χ1n) is 38.2. The Kier molecular flexibility index (Phi) is 49.3. The molecule has 3 aliphatic rings. The topological polar surface area (TPSA) is 344 Å². The Morgan fingerprint density at radius 2 is 0.813 bits per heavy atom. The third kappa shape index (κ3) is 32.6. The number of carbonyl (C=O) groups is 4. The number of phenolic OH excluding ortho intramolecular Hbond substituents is 1. The number of thioether (sulfide) groups is 4. The molecule has 0 aromatic heterocycles. The molecule has 3 amide bonds. The number of amides is 3. The number of hydrogen-bond acceptors (Lipinski definition) is 24. The number of nitrogens with one attached hydrogen (secondary N) is 5. The molecule has 0 unspecified atom stereocenters. The molecule has 11 rings (SSSR count). The smallest absolute Gasteiger partial charge is 0.340 e. The largest absolute Gasteiger partial charge is 0.507 e. The first-order chi connectivity index (χ1) is 58.7. The number of carbonyl (C=O) groups excluding carboxylic acids is 3. The number of aromatic carboxylic acids is 1. The fourth-order valence-electron chi connectivity index (χ4n) is 11.2. The number of aliphatic imine (C=N–C) groups is 3. The second-order valence-corrected chi connectivity index (χ2v) is 30.8. The molecule has 1 saturated heterocycles. The number of carboxylic acids is 1. The summed E-state index contributed by atoms with van der Waals surface area (Å²) in [7, 11) is 5.80. The lowest BCUT2D eigenvalue weighted by Crippen LogP contribution is -2.38. The number of benzene rings is 8. The predicted molar refractivity (Wildman–Crippen MR) is 497 cm³/mol. The number of hydrogen-bond donors (Lipinski definition) is 9. The number of unbranched alkanes of at least 4 members (excludes halogenated alkanes) is 3. The summed E-state index contributed by atoms with van der Waals surface area (Å²) in [6.07, 6.45) is 15.3. The summed E-state index contributed by atoms with van der Waals surface area (Å²) in [5, 5.41) is 38.9. The summed E-state index contributed by atoms with van der Waals surface area (Å²) in [5.41, 5.74) is 12.3. The minimum atomic E-state index is -1.20. The van der Waals surface area contributed by atoms with Gasteiger partial charge in [0.25, 0.3) is 17.7 Å². The maximum absolute atomic E-state index is 14.1. The maximum Gasteiger partial charge on any atom is 0.340 e. The van der Waals surface area contributed by atoms with E-state index in [4.69, 9.17) is 101 Å². The lowest BCUT2D eigenvalue weighted by atomic mass is 9.97. The van der Waals surface area contributed by atoms with E-state index >= 15 is 0 Å². The lowest BCUT2D eigenvalue weighted by Gasteiger charge is -2.18. The number of phenols is 1. The zero-order chi connectivity index (χ0) is 89.8. The predicted octanol–water partition coefficient (Wildman–Crippen LogP) is 20.1. The van der Waals surface area contributed by atoms with Crippen molar-refractivity contribution in [3.05, 3.63) is 187 Å². The van der Waals surface area contributed by atoms with Crippen LogP contribution >= 0.6 is 93.5 Å². The van der Waals surface area contributed by atoms with Crippen LogP contribution in [0.1, 0.15) is 121 Å². The Hall–Kier alpha value is -9.32. The molecule has 24 nitrogen and oxygen atoms in total. The van der Waals surface area contributed by atoms with Gasteiger partial charge in [0.2, 0.25) is 0 Å². The molecule has 123 heavy (non-hydrogen) atoms. The summed E-state index contributed by atoms with van der Waals surface area (Å²) in [5.74, 6) is -2.00. The van der Waals surface area contributed by atoms with Crippen LogP contribution in [0.5, 0.6) is 46.0 Å². The first kappa shape index (κ1) is 106. The number of nitrogens with zero attached hydrogens (tertiary/aromatic N) is 3. The van der Waals surface area contributed by atoms with E-state index in [0.717, 1.165) is 51.7 Å². The zero-order valence-electron chi connectivity index (χ0n) is 69.4. The van der Waals surface area contributed by atoms with Crippen molar-refractivity contribution in [2.75, 3.05) is 126 Å². The molecular weight excluding hydrogens is 1760 g/mol. The second kappa shape index (κ2) is 57.2. The molecule has 0 atom stereocenters. The molecule has 0 spiro atoms. The SMILES string of the molecule is C.C1CCOC1.CCCCOc1ccc(Cl)c(-c2cc(F)ccc2OC)c1C(=O)N=C(SC)SC.CCCCOc1ccc(Cl)c(-c2cc(F)ccc2OC)c1C(=O)NC1=NCCN1.CCCCOc1ccc(Cl)c(-c2cc(F)ccc2OC)c1C(=O)O.COc1ccc(F)cc1-c1c(Cl)ccc(O)c1C(=O)NC1=NCCN1.CSC(=N)SC.NCCN. The minimum absolute atomic E-state index is 0. The van der Waals surface area contributed by atoms with Crippen LogP contribution in [-0.4, -0.2) is 180 Å². The van der Waals surface area contributed by atoms with Crippen molar-refractivity contribution in [3.8, 4) is 90.5 Å². The number of methoxy groups -OCH3 is 4. The van der Waals surface area contributed by atoms with Gasteiger partial charge in [-0.3, -0.25) is 40.4 Å². The quantitative estimate of drug-likeness (QED) is 0.0111. The Labute approximate surface area is 753 Å². The number of guanidine groups is 2. The molecule has 668 valence electrons. The van der Waals surface area contributed by atoms with E-state index in [0.29, 0.717) is 137 Å². The highest BCUT2D eigenvalue weighted by atomic mass is 35.5. The summed E-state index contributed by atoms with van der Waals surface area (Å²) < 4.78 is 100. The van der Waals surface area contributed by atoms with Gasteiger partial charge in [-0.15, -0.1) is 47.0 Å². The van der Waals surface area contributed by atoms with E-state index in [-0.39, 0.29) is 83.5 Å². The third-order valence-electron chi connectivity index (χ3n) is 17.1. The molecule has 11 N–H and O–H groups in total. The maximum atomic E-state index is 14.1. The van der Waals surface area contributed by atoms with Gasteiger partial charge in [0, 0.05) is 104 Å². The molecule has 0 bridgehead atoms. The van der Waals surface area contributed by atoms with Crippen LogP contribution in [0.2, 0.25) is 20.1 Å². The van der Waals surface area contributed by atoms with Gasteiger partial charge < -0.3 is 70.2 Å². The van der Waals surface area contributed by atoms with E-state index in [2.05, 4.69) is 36.2 Å². The van der Waals surface area contributed by atoms with Crippen LogP contribution in [0.25, 0.3) is 44.5 Å². The van der Waals surface area contributed by atoms with Crippen molar-refractivity contribution in [3.63, 3.8) is 0 Å². The van der Waals surface area contributed by atoms with E-state index in [1.165, 1.54) is 185 Å². The molecule has 3 aliphatic heterocycles. The Morgan fingerprint density at radius 1 is 0.496 bits per heavy atom. The summed E-state index contributed by atoms with van der Waals surface area (Å²) in [4.78, 5) is 63.3. The first-order valence-corrected chi connectivity index (χ1v) is 44.7. The zero-order valence-corrected chi connectivity index (χ0v) is 75.7. The molecular formula is C87H106Cl4F4N10O14S4. The number of halogens is 8. The summed E-state index contributed by atoms with van der Waals surface area (Å²) >= 11 is 31.1. The molecule has 0 radical (unpaired) electrons. The fourth-order valence-corrected chi connectivity index (χ4v) is 13.9. The van der Waals surface area contributed by atoms with Crippen molar-refractivity contribution in [1.29, 1.82) is 5.41 Å². The highest BCUT2D eigenvalue weighted by Crippen LogP contribution is 2.47. The Morgan fingerprint density at radius 3 is 1.11 bits per heavy atom. The standard InChI is InChI=1S/C21H23ClFN3O3.C21H23ClFNO3S2.C18H18ClFO4.C17H15ClFN3O3.C4H8O.C3H7NS2.C2H8N2.CH4/c1-3-4-11-29-17-8-6-15(22)18(14-12-13(23)5-7-16(14)28-2)19(17)20(27)26-21-24-9-10-25-21;1-5-6-11-27-17-10-8-15(22)18(14-12-13(23)7-9-16(14)26-2)19(17)20(25)24-21(28-3)29-4;1-3-4-9-24-15-8-6-13(19)16(17(15)18(21)22)12-10-11(20)5-7-14(12)23-2;1-25-13-5-2-9(19)8-10(13)14-11(18)3-4-12(23)15(14)16(24)22-17-20-6-7-21-17;1-2-4-5-3-1;1-5-3(4)6-2;3-1-2-4;/h5-8,12H,3-4,9-11H2,1-2H3,(H2,24,25,26,27);7-10,12H,5-6,11H2,1-4H3;5-8,10H,3-4,9H2,1-2H3,(H,21,22);2-5,8,23H,6-7H2,1H3,(H2,20,21,22,24);1-4H2;4H,1-2H3;1-4H2;1H4. The van der Waals surface area contributed by atoms with Crippen LogP contribution in [0.15, 0.2) is 136 Å². The molecule has 8 aromatic rings. The monoisotopic (exact) mass is 1860 g/mol. The minimum Gasteiger partial charge on any atom is -0.507 e. The number of carboxylic acid groups (broad SMARTS) is 1. The number of ether oxygens (including phenoxy) is 8. The van der Waals surface area contributed by atoms with Crippen molar-refractivity contribution in [2.45, 2.75) is 79.6 Å². The molecule has 0 aliphatic carbocycles. The Bertz CT molecular complexity index is 4890. The van der Waals surface area contributed by atoms with Crippen LogP contribution in [0.4, 0.5) is 17.6 Å². The van der Waals surface area contributed by atoms with E-state index in [9.17, 15) is 47.0 Å². The molecule has 8 aromatic carbocycles. The van der Waals surface area contributed by atoms with Crippen LogP contribution < -0.4 is 65.9 Å². The average molecular weight is 1860 g/mol. The van der Waals surface area contributed by atoms with Crippen molar-refractivity contribution >= 4 is 138 Å². The second-order valence-electron chi connectivity index (χ2n) is 25.4. The van der Waals surface area contributed by atoms with Gasteiger partial charge in [0.15, 0.2) is 11.9 Å². The number of aromatic hydroxyl groups is 1. The van der Waals surface area contributed by atoms with Gasteiger partial charge in [-0.05, 0) is 178 Å². The van der Waals surface area contributed by atoms with Crippen LogP contribution in [-0.2, 0) is 4.74 Å². The van der Waals surface area contributed by atoms with Gasteiger partial charge in [-0.2, -0.15) is 4.99 Å². The van der Waals surface area contributed by atoms with E-state index in [1.807, 2.05) is 45.8 Å². The fraction of sp³-hybridized carbons (Fsp3) is 0.356. The van der Waals surface area contributed by atoms with E-state index < -0.39 is 47.0 Å². The van der Waals surface area contributed by atoms with Gasteiger partial charge in [0.05, 0.1) is 78.0 Å². The molecule has 1 fully saturated rings. The lowest BCUT2D eigenvalue weighted by molar-refractivity contribution is 0.0692. The van der Waals surface area contributed by atoms with Crippen molar-refractivity contribution < 1.29 is 84.8 Å². The van der Waals surface area contributed by atoms with Gasteiger partial charge in [0.1, 0.15) is 83.6 Å². The Balaban J connectivity index is 0.000000324. The van der Waals surface area contributed by atoms with Crippen molar-refractivity contribution in [1.82, 2.24) is 21.3 Å². The van der Waals surface area contributed by atoms with Crippen molar-refractivity contribution in [2.24, 2.45) is 26.4 Å². The normalized spacial score (nSPS) is 11.9. The van der Waals surface area contributed by atoms with Crippen LogP contribution in [0, 0.1) is 28.7 Å². The van der Waals surface area contributed by atoms with Gasteiger partial charge in [-0.1, -0.05) is 93.9 Å². The number of nitrogens with two attached hydrogens (primary N) is 2. The number of rotatable bonds is 25. The summed E-state index contributed by atoms with van der Waals surface area (Å²) in [6, 6.07) is 28.2. The van der Waals surface area contributed by atoms with Gasteiger partial charge in [-0.25, -0.2) is 22.4 Å². The highest BCUT2D eigenvalue weighted by Gasteiger charge is 2.30. The van der Waals surface area contributed by atoms with Crippen LogP contribution in [0.3, 0.4) is 0 Å². The molecule has 3 heterocycles. The average Bonchev–Trinajstić information content (AvgIpc) is 1.16. The molecule has 36 heteroatoms. The van der Waals surface area contributed by atoms with E-state index in [1.54, 1.807) is 24.3 Å². The third-order valence-corrected chi connectivity index (χ3v) is 22.0. The highest BCUT2D eigenvalue weighted by molar-refractivity contribution is 8.38.